The van der Waals surface area contributed by atoms with Gasteiger partial charge in [-0.3, -0.25) is 4.68 Å². The number of nitrogens with one attached hydrogen (secondary N) is 1. The van der Waals surface area contributed by atoms with E-state index >= 15 is 0 Å². The van der Waals surface area contributed by atoms with Crippen LogP contribution in [0.5, 0.6) is 5.75 Å². The number of carbonyl (C=O) groups excluding carboxylic acids is 1. The van der Waals surface area contributed by atoms with Crippen LogP contribution >= 0.6 is 0 Å². The van der Waals surface area contributed by atoms with Crippen LogP contribution in [0, 0.1) is 5.82 Å². The minimum absolute atomic E-state index is 0.0661. The van der Waals surface area contributed by atoms with Crippen LogP contribution < -0.4 is 10.2 Å². The number of nitrogens with zero attached hydrogens (tertiary/aromatic N) is 1. The molecule has 1 aromatic heterocycles. The van der Waals surface area contributed by atoms with Gasteiger partial charge in [0, 0.05) is 11.6 Å². The monoisotopic (exact) mass is 356 g/mol. The Morgan fingerprint density at radius 2 is 1.81 bits per heavy atom. The molecule has 0 fully saturated rings. The van der Waals surface area contributed by atoms with Gasteiger partial charge in [0.25, 0.3) is 0 Å². The Kier molecular flexibility index (Phi) is 4.84. The van der Waals surface area contributed by atoms with Gasteiger partial charge in [0.1, 0.15) is 11.6 Å². The predicted molar refractivity (Wildman–Crippen MR) is 99.7 cm³/mol. The van der Waals surface area contributed by atoms with E-state index in [2.05, 4.69) is 5.43 Å². The SMILES string of the molecule is COC(=O)c1c(-c2ccc(OC)cc2)n(NC(C)C)c2cccc(F)c12. The normalized spacial score (nSPS) is 11.0. The van der Waals surface area contributed by atoms with Crippen LogP contribution in [0.3, 0.4) is 0 Å². The van der Waals surface area contributed by atoms with E-state index in [9.17, 15) is 9.18 Å². The highest BCUT2D eigenvalue weighted by atomic mass is 19.1. The van der Waals surface area contributed by atoms with Crippen molar-refractivity contribution in [1.29, 1.82) is 0 Å². The fourth-order valence-corrected chi connectivity index (χ4v) is 3.01. The molecule has 136 valence electrons. The summed E-state index contributed by atoms with van der Waals surface area (Å²) in [6.45, 7) is 3.95. The number of rotatable bonds is 5. The molecule has 1 heterocycles. The first-order valence-corrected chi connectivity index (χ1v) is 8.30. The topological polar surface area (TPSA) is 52.5 Å². The second kappa shape index (κ2) is 7.07. The molecule has 0 spiro atoms. The van der Waals surface area contributed by atoms with Crippen LogP contribution in [0.15, 0.2) is 42.5 Å². The van der Waals surface area contributed by atoms with E-state index in [4.69, 9.17) is 9.47 Å². The van der Waals surface area contributed by atoms with Crippen molar-refractivity contribution in [2.24, 2.45) is 0 Å². The maximum Gasteiger partial charge on any atom is 0.340 e. The van der Waals surface area contributed by atoms with E-state index < -0.39 is 11.8 Å². The molecule has 0 aliphatic rings. The molecule has 0 radical (unpaired) electrons. The number of benzene rings is 2. The number of halogens is 1. The standard InChI is InChI=1S/C20H21FN2O3/c1-12(2)22-23-16-7-5-6-15(21)17(16)18(20(24)26-4)19(23)13-8-10-14(25-3)11-9-13/h5-12,22H,1-4H3. The third-order valence-corrected chi connectivity index (χ3v) is 4.08. The summed E-state index contributed by atoms with van der Waals surface area (Å²) in [6.07, 6.45) is 0. The summed E-state index contributed by atoms with van der Waals surface area (Å²) in [5, 5.41) is 0.235. The first-order valence-electron chi connectivity index (χ1n) is 8.30. The van der Waals surface area contributed by atoms with E-state index in [1.54, 1.807) is 36.1 Å². The van der Waals surface area contributed by atoms with Crippen molar-refractivity contribution in [2.45, 2.75) is 19.9 Å². The van der Waals surface area contributed by atoms with Gasteiger partial charge in [-0.25, -0.2) is 9.18 Å². The van der Waals surface area contributed by atoms with E-state index in [0.717, 1.165) is 5.56 Å². The summed E-state index contributed by atoms with van der Waals surface area (Å²) < 4.78 is 26.5. The van der Waals surface area contributed by atoms with Gasteiger partial charge in [-0.1, -0.05) is 6.07 Å². The molecule has 0 saturated carbocycles. The Hall–Kier alpha value is -3.02. The summed E-state index contributed by atoms with van der Waals surface area (Å²) in [5.74, 6) is -0.365. The maximum atomic E-state index is 14.6. The highest BCUT2D eigenvalue weighted by Gasteiger charge is 2.27. The fraction of sp³-hybridized carbons (Fsp3) is 0.250. The lowest BCUT2D eigenvalue weighted by Gasteiger charge is -2.17. The van der Waals surface area contributed by atoms with Gasteiger partial charge >= 0.3 is 5.97 Å². The molecule has 26 heavy (non-hydrogen) atoms. The number of esters is 1. The van der Waals surface area contributed by atoms with Crippen molar-refractivity contribution in [3.8, 4) is 17.0 Å². The lowest BCUT2D eigenvalue weighted by molar-refractivity contribution is 0.0603. The van der Waals surface area contributed by atoms with Crippen molar-refractivity contribution in [1.82, 2.24) is 4.68 Å². The Bertz CT molecular complexity index is 946. The molecule has 6 heteroatoms. The number of methoxy groups -OCH3 is 2. The zero-order chi connectivity index (χ0) is 18.8. The number of hydrogen-bond donors (Lipinski definition) is 1. The van der Waals surface area contributed by atoms with Gasteiger partial charge in [0.15, 0.2) is 0 Å². The molecule has 0 amide bonds. The van der Waals surface area contributed by atoms with Crippen LogP contribution in [0.2, 0.25) is 0 Å². The average Bonchev–Trinajstić information content (AvgIpc) is 2.96. The lowest BCUT2D eigenvalue weighted by atomic mass is 10.0. The molecule has 3 rings (SSSR count). The van der Waals surface area contributed by atoms with Crippen molar-refractivity contribution in [2.75, 3.05) is 19.6 Å². The Balaban J connectivity index is 2.40. The predicted octanol–water partition coefficient (Wildman–Crippen LogP) is 4.19. The number of fused-ring (bicyclic) bond motifs is 1. The molecular weight excluding hydrogens is 335 g/mol. The molecule has 5 nitrogen and oxygen atoms in total. The molecule has 0 aliphatic carbocycles. The van der Waals surface area contributed by atoms with Crippen molar-refractivity contribution in [3.63, 3.8) is 0 Å². The minimum atomic E-state index is -0.588. The molecule has 0 unspecified atom stereocenters. The fourth-order valence-electron chi connectivity index (χ4n) is 3.01. The Morgan fingerprint density at radius 1 is 1.12 bits per heavy atom. The van der Waals surface area contributed by atoms with E-state index in [0.29, 0.717) is 17.0 Å². The molecule has 0 atom stereocenters. The lowest BCUT2D eigenvalue weighted by Crippen LogP contribution is -2.23. The van der Waals surface area contributed by atoms with E-state index in [-0.39, 0.29) is 17.0 Å². The maximum absolute atomic E-state index is 14.6. The van der Waals surface area contributed by atoms with E-state index in [1.807, 2.05) is 26.0 Å². The molecule has 3 aromatic rings. The van der Waals surface area contributed by atoms with Crippen molar-refractivity contribution >= 4 is 16.9 Å². The zero-order valence-electron chi connectivity index (χ0n) is 15.2. The van der Waals surface area contributed by atoms with Gasteiger partial charge < -0.3 is 14.9 Å². The first-order chi connectivity index (χ1) is 12.5. The second-order valence-electron chi connectivity index (χ2n) is 6.20. The number of hydrogen-bond acceptors (Lipinski definition) is 4. The number of carbonyl (C=O) groups is 1. The van der Waals surface area contributed by atoms with Gasteiger partial charge in [0.05, 0.1) is 36.4 Å². The van der Waals surface area contributed by atoms with Gasteiger partial charge in [-0.05, 0) is 50.2 Å². The number of ether oxygens (including phenoxy) is 2. The van der Waals surface area contributed by atoms with Crippen molar-refractivity contribution in [3.05, 3.63) is 53.8 Å². The third-order valence-electron chi connectivity index (χ3n) is 4.08. The van der Waals surface area contributed by atoms with E-state index in [1.165, 1.54) is 13.2 Å². The molecule has 2 aromatic carbocycles. The third kappa shape index (κ3) is 2.98. The largest absolute Gasteiger partial charge is 0.497 e. The summed E-state index contributed by atoms with van der Waals surface area (Å²) in [5.41, 5.74) is 5.34. The average molecular weight is 356 g/mol. The molecule has 0 saturated heterocycles. The summed E-state index contributed by atoms with van der Waals surface area (Å²) in [7, 11) is 2.88. The number of aromatic nitrogens is 1. The van der Waals surface area contributed by atoms with Crippen molar-refractivity contribution < 1.29 is 18.7 Å². The van der Waals surface area contributed by atoms with Crippen LogP contribution in [-0.2, 0) is 4.74 Å². The quantitative estimate of drug-likeness (QED) is 0.697. The molecule has 0 bridgehead atoms. The highest BCUT2D eigenvalue weighted by molar-refractivity contribution is 6.11. The summed E-state index contributed by atoms with van der Waals surface area (Å²) in [4.78, 5) is 12.5. The van der Waals surface area contributed by atoms with Crippen LogP contribution in [0.4, 0.5) is 4.39 Å². The molecule has 1 N–H and O–H groups in total. The van der Waals surface area contributed by atoms with Gasteiger partial charge in [-0.2, -0.15) is 0 Å². The minimum Gasteiger partial charge on any atom is -0.497 e. The van der Waals surface area contributed by atoms with Gasteiger partial charge in [-0.15, -0.1) is 0 Å². The molecular formula is C20H21FN2O3. The highest BCUT2D eigenvalue weighted by Crippen LogP contribution is 2.36. The second-order valence-corrected chi connectivity index (χ2v) is 6.20. The smallest absolute Gasteiger partial charge is 0.340 e. The Morgan fingerprint density at radius 3 is 2.38 bits per heavy atom. The zero-order valence-corrected chi connectivity index (χ0v) is 15.2. The van der Waals surface area contributed by atoms with Crippen LogP contribution in [0.25, 0.3) is 22.2 Å². The Labute approximate surface area is 151 Å². The van der Waals surface area contributed by atoms with Crippen LogP contribution in [0.1, 0.15) is 24.2 Å². The summed E-state index contributed by atoms with van der Waals surface area (Å²) in [6, 6.07) is 12.0. The van der Waals surface area contributed by atoms with Gasteiger partial charge in [0.2, 0.25) is 0 Å². The molecule has 0 aliphatic heterocycles. The first kappa shape index (κ1) is 17.8. The van der Waals surface area contributed by atoms with Crippen LogP contribution in [-0.4, -0.2) is 30.9 Å². The summed E-state index contributed by atoms with van der Waals surface area (Å²) >= 11 is 0.